The first-order chi connectivity index (χ1) is 9.19. The maximum Gasteiger partial charge on any atom is 0.337 e. The second kappa shape index (κ2) is 4.68. The van der Waals surface area contributed by atoms with E-state index in [1.807, 2.05) is 18.2 Å². The van der Waals surface area contributed by atoms with E-state index in [0.29, 0.717) is 36.3 Å². The molecule has 2 fully saturated rings. The Balaban J connectivity index is 1.91. The van der Waals surface area contributed by atoms with Gasteiger partial charge in [-0.3, -0.25) is 4.79 Å². The molecule has 1 aromatic rings. The average molecular weight is 259 g/mol. The first-order valence-corrected chi connectivity index (χ1v) is 6.67. The Hall–Kier alpha value is -1.84. The standard InChI is InChI=1S/C15H17NO3/c1-19-15(18)10-3-2-4-11(7-10)16-12-5-6-13(16)9-14(17)8-12/h2-4,7,12-13H,5-6,8-9H2,1H3. The number of anilines is 1. The molecule has 2 saturated heterocycles. The Kier molecular flexibility index (Phi) is 3.01. The third kappa shape index (κ3) is 2.11. The minimum Gasteiger partial charge on any atom is -0.465 e. The number of piperidine rings is 1. The van der Waals surface area contributed by atoms with E-state index in [9.17, 15) is 9.59 Å². The third-order valence-electron chi connectivity index (χ3n) is 4.11. The highest BCUT2D eigenvalue weighted by atomic mass is 16.5. The van der Waals surface area contributed by atoms with Crippen LogP contribution in [0.15, 0.2) is 24.3 Å². The van der Waals surface area contributed by atoms with Gasteiger partial charge in [0.1, 0.15) is 5.78 Å². The molecule has 4 heteroatoms. The van der Waals surface area contributed by atoms with E-state index >= 15 is 0 Å². The van der Waals surface area contributed by atoms with E-state index in [2.05, 4.69) is 4.90 Å². The number of benzene rings is 1. The van der Waals surface area contributed by atoms with Crippen molar-refractivity contribution in [1.29, 1.82) is 0 Å². The molecule has 0 aromatic heterocycles. The SMILES string of the molecule is COC(=O)c1cccc(N2C3CCC2CC(=O)C3)c1. The smallest absolute Gasteiger partial charge is 0.337 e. The van der Waals surface area contributed by atoms with Gasteiger partial charge in [-0.25, -0.2) is 4.79 Å². The van der Waals surface area contributed by atoms with Gasteiger partial charge in [0.25, 0.3) is 0 Å². The second-order valence-electron chi connectivity index (χ2n) is 5.28. The van der Waals surface area contributed by atoms with Gasteiger partial charge in [-0.1, -0.05) is 6.07 Å². The summed E-state index contributed by atoms with van der Waals surface area (Å²) < 4.78 is 4.75. The van der Waals surface area contributed by atoms with Crippen molar-refractivity contribution in [3.63, 3.8) is 0 Å². The summed E-state index contributed by atoms with van der Waals surface area (Å²) >= 11 is 0. The molecule has 3 rings (SSSR count). The zero-order valence-electron chi connectivity index (χ0n) is 11.0. The van der Waals surface area contributed by atoms with Gasteiger partial charge >= 0.3 is 5.97 Å². The van der Waals surface area contributed by atoms with Crippen molar-refractivity contribution in [2.75, 3.05) is 12.0 Å². The van der Waals surface area contributed by atoms with Crippen molar-refractivity contribution >= 4 is 17.4 Å². The number of ketones is 1. The number of ether oxygens (including phenoxy) is 1. The Morgan fingerprint density at radius 3 is 2.58 bits per heavy atom. The largest absolute Gasteiger partial charge is 0.465 e. The summed E-state index contributed by atoms with van der Waals surface area (Å²) in [7, 11) is 1.39. The van der Waals surface area contributed by atoms with E-state index in [-0.39, 0.29) is 5.97 Å². The molecule has 2 atom stereocenters. The van der Waals surface area contributed by atoms with E-state index in [1.54, 1.807) is 6.07 Å². The molecule has 0 aliphatic carbocycles. The van der Waals surface area contributed by atoms with Gasteiger partial charge in [0.15, 0.2) is 0 Å². The molecule has 2 aliphatic rings. The van der Waals surface area contributed by atoms with Gasteiger partial charge in [0.2, 0.25) is 0 Å². The molecule has 2 aliphatic heterocycles. The number of Topliss-reactive ketones (excluding diaryl/α,β-unsaturated/α-hetero) is 1. The number of nitrogens with zero attached hydrogens (tertiary/aromatic N) is 1. The first kappa shape index (κ1) is 12.2. The number of fused-ring (bicyclic) bond motifs is 2. The molecular weight excluding hydrogens is 242 g/mol. The van der Waals surface area contributed by atoms with E-state index < -0.39 is 0 Å². The molecule has 0 spiro atoms. The first-order valence-electron chi connectivity index (χ1n) is 6.67. The zero-order valence-corrected chi connectivity index (χ0v) is 11.0. The van der Waals surface area contributed by atoms with Gasteiger partial charge < -0.3 is 9.64 Å². The predicted molar refractivity (Wildman–Crippen MR) is 71.3 cm³/mol. The normalized spacial score (nSPS) is 25.5. The van der Waals surface area contributed by atoms with E-state index in [4.69, 9.17) is 4.74 Å². The number of carbonyl (C=O) groups is 2. The monoisotopic (exact) mass is 259 g/mol. The lowest BCUT2D eigenvalue weighted by molar-refractivity contribution is -0.120. The number of hydrogen-bond donors (Lipinski definition) is 0. The minimum absolute atomic E-state index is 0.305. The summed E-state index contributed by atoms with van der Waals surface area (Å²) in [5.74, 6) is 0.0511. The zero-order chi connectivity index (χ0) is 13.4. The van der Waals surface area contributed by atoms with Gasteiger partial charge in [-0.05, 0) is 31.0 Å². The van der Waals surface area contributed by atoms with Crippen LogP contribution in [0, 0.1) is 0 Å². The number of hydrogen-bond acceptors (Lipinski definition) is 4. The van der Waals surface area contributed by atoms with Crippen LogP contribution in [0.1, 0.15) is 36.0 Å². The van der Waals surface area contributed by atoms with Gasteiger partial charge in [0, 0.05) is 30.6 Å². The molecule has 0 N–H and O–H groups in total. The van der Waals surface area contributed by atoms with Crippen molar-refractivity contribution in [2.24, 2.45) is 0 Å². The van der Waals surface area contributed by atoms with Crippen molar-refractivity contribution in [3.8, 4) is 0 Å². The maximum absolute atomic E-state index is 11.6. The second-order valence-corrected chi connectivity index (χ2v) is 5.28. The van der Waals surface area contributed by atoms with Crippen LogP contribution in [-0.2, 0) is 9.53 Å². The number of esters is 1. The summed E-state index contributed by atoms with van der Waals surface area (Å²) in [6.07, 6.45) is 3.41. The molecule has 4 nitrogen and oxygen atoms in total. The molecule has 1 aromatic carbocycles. The van der Waals surface area contributed by atoms with Crippen molar-refractivity contribution in [2.45, 2.75) is 37.8 Å². The third-order valence-corrected chi connectivity index (χ3v) is 4.11. The van der Waals surface area contributed by atoms with E-state index in [1.165, 1.54) is 7.11 Å². The topological polar surface area (TPSA) is 46.6 Å². The van der Waals surface area contributed by atoms with Crippen molar-refractivity contribution in [1.82, 2.24) is 0 Å². The lowest BCUT2D eigenvalue weighted by Gasteiger charge is -2.36. The maximum atomic E-state index is 11.6. The van der Waals surface area contributed by atoms with Gasteiger partial charge in [-0.2, -0.15) is 0 Å². The highest BCUT2D eigenvalue weighted by molar-refractivity contribution is 5.91. The highest BCUT2D eigenvalue weighted by Crippen LogP contribution is 2.38. The van der Waals surface area contributed by atoms with Crippen LogP contribution in [0.25, 0.3) is 0 Å². The van der Waals surface area contributed by atoms with Crippen LogP contribution in [0.2, 0.25) is 0 Å². The molecular formula is C15H17NO3. The van der Waals surface area contributed by atoms with E-state index in [0.717, 1.165) is 18.5 Å². The fourth-order valence-corrected chi connectivity index (χ4v) is 3.30. The lowest BCUT2D eigenvalue weighted by Crippen LogP contribution is -2.43. The highest BCUT2D eigenvalue weighted by Gasteiger charge is 2.40. The number of methoxy groups -OCH3 is 1. The Labute approximate surface area is 112 Å². The quantitative estimate of drug-likeness (QED) is 0.764. The summed E-state index contributed by atoms with van der Waals surface area (Å²) in [5, 5.41) is 0. The molecule has 0 amide bonds. The summed E-state index contributed by atoms with van der Waals surface area (Å²) in [4.78, 5) is 25.5. The van der Waals surface area contributed by atoms with Gasteiger partial charge in [0.05, 0.1) is 12.7 Å². The van der Waals surface area contributed by atoms with Crippen LogP contribution in [0.4, 0.5) is 5.69 Å². The average Bonchev–Trinajstić information content (AvgIpc) is 2.70. The van der Waals surface area contributed by atoms with Crippen molar-refractivity contribution < 1.29 is 14.3 Å². The molecule has 100 valence electrons. The van der Waals surface area contributed by atoms with Crippen molar-refractivity contribution in [3.05, 3.63) is 29.8 Å². The molecule has 2 bridgehead atoms. The molecule has 0 saturated carbocycles. The molecule has 19 heavy (non-hydrogen) atoms. The molecule has 0 radical (unpaired) electrons. The number of rotatable bonds is 2. The molecule has 2 heterocycles. The summed E-state index contributed by atoms with van der Waals surface area (Å²) in [6.45, 7) is 0. The van der Waals surface area contributed by atoms with Gasteiger partial charge in [-0.15, -0.1) is 0 Å². The fraction of sp³-hybridized carbons (Fsp3) is 0.467. The summed E-state index contributed by atoms with van der Waals surface area (Å²) in [6, 6.07) is 8.11. The Morgan fingerprint density at radius 1 is 1.26 bits per heavy atom. The number of carbonyl (C=O) groups excluding carboxylic acids is 2. The minimum atomic E-state index is -0.317. The van der Waals surface area contributed by atoms with Crippen LogP contribution >= 0.6 is 0 Å². The predicted octanol–water partition coefficient (Wildman–Crippen LogP) is 2.17. The van der Waals surface area contributed by atoms with Crippen LogP contribution in [0.5, 0.6) is 0 Å². The fourth-order valence-electron chi connectivity index (χ4n) is 3.30. The van der Waals surface area contributed by atoms with Crippen LogP contribution < -0.4 is 4.90 Å². The Bertz CT molecular complexity index is 510. The van der Waals surface area contributed by atoms with Crippen LogP contribution in [-0.4, -0.2) is 30.9 Å². The van der Waals surface area contributed by atoms with Crippen LogP contribution in [0.3, 0.4) is 0 Å². The lowest BCUT2D eigenvalue weighted by atomic mass is 10.00. The summed E-state index contributed by atoms with van der Waals surface area (Å²) in [5.41, 5.74) is 1.60. The molecule has 2 unspecified atom stereocenters. The Morgan fingerprint density at radius 2 is 1.95 bits per heavy atom.